The summed E-state index contributed by atoms with van der Waals surface area (Å²) in [7, 11) is 0. The zero-order valence-corrected chi connectivity index (χ0v) is 13.5. The maximum atomic E-state index is 7.00. The third-order valence-electron chi connectivity index (χ3n) is 4.99. The van der Waals surface area contributed by atoms with Gasteiger partial charge >= 0.3 is 7.69 Å². The molecule has 2 aliphatic carbocycles. The molecule has 1 radical (unpaired) electrons. The average molecular weight is 302 g/mol. The van der Waals surface area contributed by atoms with Crippen LogP contribution in [0.25, 0.3) is 0 Å². The zero-order valence-electron chi connectivity index (χ0n) is 13.5. The molecule has 121 valence electrons. The van der Waals surface area contributed by atoms with Crippen molar-refractivity contribution in [2.45, 2.75) is 76.3 Å². The standard InChI is InChI=1S/C18H27N.BH2O2/c1-4-10-16(11-5-1)19(17-12-6-2-7-13-17)18-14-8-3-9-15-18;2-1-3/h1,4-5,10-11,17-18H,2-3,6-9,12-15H2;2-3H. The number of hydrogen-bond acceptors (Lipinski definition) is 3. The van der Waals surface area contributed by atoms with Crippen LogP contribution in [0.2, 0.25) is 0 Å². The maximum Gasteiger partial charge on any atom is 0.482 e. The van der Waals surface area contributed by atoms with Crippen molar-refractivity contribution in [2.24, 2.45) is 0 Å². The molecule has 3 rings (SSSR count). The Morgan fingerprint density at radius 1 is 0.727 bits per heavy atom. The number of para-hydroxylation sites is 1. The minimum Gasteiger partial charge on any atom is -0.429 e. The van der Waals surface area contributed by atoms with Crippen LogP contribution in [0.1, 0.15) is 64.2 Å². The van der Waals surface area contributed by atoms with E-state index in [1.165, 1.54) is 69.9 Å². The summed E-state index contributed by atoms with van der Waals surface area (Å²) in [6.45, 7) is 0. The smallest absolute Gasteiger partial charge is 0.429 e. The van der Waals surface area contributed by atoms with Gasteiger partial charge in [0.05, 0.1) is 0 Å². The molecule has 0 unspecified atom stereocenters. The Hall–Kier alpha value is -0.995. The van der Waals surface area contributed by atoms with E-state index in [4.69, 9.17) is 10.0 Å². The van der Waals surface area contributed by atoms with E-state index in [1.807, 2.05) is 0 Å². The van der Waals surface area contributed by atoms with Crippen molar-refractivity contribution >= 4 is 13.4 Å². The van der Waals surface area contributed by atoms with Crippen LogP contribution < -0.4 is 4.90 Å². The van der Waals surface area contributed by atoms with Gasteiger partial charge in [-0.15, -0.1) is 0 Å². The molecule has 1 aromatic carbocycles. The van der Waals surface area contributed by atoms with E-state index in [9.17, 15) is 0 Å². The molecule has 0 saturated heterocycles. The van der Waals surface area contributed by atoms with E-state index in [2.05, 4.69) is 35.2 Å². The lowest BCUT2D eigenvalue weighted by molar-refractivity contribution is 0.340. The summed E-state index contributed by atoms with van der Waals surface area (Å²) in [4.78, 5) is 2.80. The fourth-order valence-electron chi connectivity index (χ4n) is 4.04. The molecule has 0 aliphatic heterocycles. The van der Waals surface area contributed by atoms with Gasteiger partial charge in [-0.2, -0.15) is 0 Å². The predicted molar refractivity (Wildman–Crippen MR) is 92.9 cm³/mol. The molecule has 2 saturated carbocycles. The van der Waals surface area contributed by atoms with Crippen LogP contribution in [0.5, 0.6) is 0 Å². The molecule has 2 N–H and O–H groups in total. The second-order valence-corrected chi connectivity index (χ2v) is 6.44. The highest BCUT2D eigenvalue weighted by Crippen LogP contribution is 2.33. The van der Waals surface area contributed by atoms with E-state index in [-0.39, 0.29) is 7.69 Å². The Labute approximate surface area is 135 Å². The number of benzene rings is 1. The Bertz CT molecular complexity index is 371. The normalized spacial score (nSPS) is 19.9. The third-order valence-corrected chi connectivity index (χ3v) is 4.99. The van der Waals surface area contributed by atoms with Gasteiger partial charge in [-0.1, -0.05) is 56.7 Å². The fraction of sp³-hybridized carbons (Fsp3) is 0.667. The first-order valence-corrected chi connectivity index (χ1v) is 8.80. The summed E-state index contributed by atoms with van der Waals surface area (Å²) in [5.41, 5.74) is 1.47. The maximum absolute atomic E-state index is 7.00. The molecular weight excluding hydrogens is 273 g/mol. The SMILES string of the molecule is O[B]O.c1ccc(N(C2CCCCC2)C2CCCCC2)cc1. The summed E-state index contributed by atoms with van der Waals surface area (Å²) in [5, 5.41) is 14.0. The van der Waals surface area contributed by atoms with E-state index >= 15 is 0 Å². The Morgan fingerprint density at radius 2 is 1.14 bits per heavy atom. The average Bonchev–Trinajstić information content (AvgIpc) is 2.59. The van der Waals surface area contributed by atoms with Crippen molar-refractivity contribution < 1.29 is 10.0 Å². The van der Waals surface area contributed by atoms with E-state index in [0.717, 1.165) is 12.1 Å². The quantitative estimate of drug-likeness (QED) is 0.837. The Morgan fingerprint density at radius 3 is 1.55 bits per heavy atom. The molecule has 2 aliphatic rings. The lowest BCUT2D eigenvalue weighted by Gasteiger charge is -2.43. The lowest BCUT2D eigenvalue weighted by atomic mass is 9.88. The van der Waals surface area contributed by atoms with Gasteiger partial charge in [-0.25, -0.2) is 0 Å². The topological polar surface area (TPSA) is 43.7 Å². The number of nitrogens with zero attached hydrogens (tertiary/aromatic N) is 1. The lowest BCUT2D eigenvalue weighted by Crippen LogP contribution is -2.45. The predicted octanol–water partition coefficient (Wildman–Crippen LogP) is 3.66. The molecule has 0 bridgehead atoms. The molecule has 0 atom stereocenters. The Kier molecular flexibility index (Phi) is 7.82. The van der Waals surface area contributed by atoms with Crippen molar-refractivity contribution in [1.29, 1.82) is 0 Å². The summed E-state index contributed by atoms with van der Waals surface area (Å²) >= 11 is 0. The second-order valence-electron chi connectivity index (χ2n) is 6.44. The van der Waals surface area contributed by atoms with Gasteiger partial charge in [-0.3, -0.25) is 0 Å². The molecule has 0 heterocycles. The molecular formula is C18H29BNO2. The Balaban J connectivity index is 0.000000545. The van der Waals surface area contributed by atoms with Gasteiger partial charge in [0.15, 0.2) is 0 Å². The molecule has 1 aromatic rings. The van der Waals surface area contributed by atoms with Crippen LogP contribution in [0, 0.1) is 0 Å². The number of hydrogen-bond donors (Lipinski definition) is 2. The molecule has 3 nitrogen and oxygen atoms in total. The van der Waals surface area contributed by atoms with Crippen LogP contribution in [-0.2, 0) is 0 Å². The molecule has 4 heteroatoms. The molecule has 0 aromatic heterocycles. The summed E-state index contributed by atoms with van der Waals surface area (Å²) in [6, 6.07) is 12.8. The summed E-state index contributed by atoms with van der Waals surface area (Å²) in [5.74, 6) is 0. The number of rotatable bonds is 3. The monoisotopic (exact) mass is 302 g/mol. The van der Waals surface area contributed by atoms with Crippen LogP contribution in [-0.4, -0.2) is 29.8 Å². The molecule has 0 spiro atoms. The minimum atomic E-state index is 0. The first-order valence-electron chi connectivity index (χ1n) is 8.80. The van der Waals surface area contributed by atoms with Crippen molar-refractivity contribution in [3.05, 3.63) is 30.3 Å². The number of anilines is 1. The second kappa shape index (κ2) is 9.91. The van der Waals surface area contributed by atoms with Gasteiger partial charge in [0.25, 0.3) is 0 Å². The van der Waals surface area contributed by atoms with Gasteiger partial charge in [0.1, 0.15) is 0 Å². The van der Waals surface area contributed by atoms with E-state index in [1.54, 1.807) is 0 Å². The van der Waals surface area contributed by atoms with Crippen LogP contribution >= 0.6 is 0 Å². The highest BCUT2D eigenvalue weighted by atomic mass is 16.4. The van der Waals surface area contributed by atoms with Crippen LogP contribution in [0.4, 0.5) is 5.69 Å². The van der Waals surface area contributed by atoms with Crippen molar-refractivity contribution in [2.75, 3.05) is 4.90 Å². The molecule has 22 heavy (non-hydrogen) atoms. The van der Waals surface area contributed by atoms with Crippen molar-refractivity contribution in [3.8, 4) is 0 Å². The van der Waals surface area contributed by atoms with Crippen LogP contribution in [0.15, 0.2) is 30.3 Å². The van der Waals surface area contributed by atoms with E-state index in [0.29, 0.717) is 0 Å². The van der Waals surface area contributed by atoms with E-state index < -0.39 is 0 Å². The van der Waals surface area contributed by atoms with Gasteiger partial charge in [0, 0.05) is 17.8 Å². The van der Waals surface area contributed by atoms with Gasteiger partial charge in [-0.05, 0) is 37.8 Å². The van der Waals surface area contributed by atoms with Crippen molar-refractivity contribution in [3.63, 3.8) is 0 Å². The highest BCUT2D eigenvalue weighted by Gasteiger charge is 2.28. The summed E-state index contributed by atoms with van der Waals surface area (Å²) < 4.78 is 0. The first kappa shape index (κ1) is 17.4. The first-order chi connectivity index (χ1) is 10.9. The van der Waals surface area contributed by atoms with Crippen LogP contribution in [0.3, 0.4) is 0 Å². The summed E-state index contributed by atoms with van der Waals surface area (Å²) in [6.07, 6.45) is 14.3. The zero-order chi connectivity index (χ0) is 15.6. The third kappa shape index (κ3) is 5.03. The minimum absolute atomic E-state index is 0. The molecule has 0 amide bonds. The molecule has 2 fully saturated rings. The van der Waals surface area contributed by atoms with Crippen molar-refractivity contribution in [1.82, 2.24) is 0 Å². The van der Waals surface area contributed by atoms with Gasteiger partial charge < -0.3 is 14.9 Å². The fourth-order valence-corrected chi connectivity index (χ4v) is 4.04. The highest BCUT2D eigenvalue weighted by molar-refractivity contribution is 6.13. The largest absolute Gasteiger partial charge is 0.482 e. The van der Waals surface area contributed by atoms with Gasteiger partial charge in [0.2, 0.25) is 0 Å².